The Hall–Kier alpha value is -2.32. The Morgan fingerprint density at radius 2 is 2.19 bits per heavy atom. The Morgan fingerprint density at radius 1 is 1.31 bits per heavy atom. The molecule has 0 radical (unpaired) electrons. The number of morpholine rings is 1. The molecule has 1 atom stereocenters. The van der Waals surface area contributed by atoms with Gasteiger partial charge in [-0.05, 0) is 25.0 Å². The van der Waals surface area contributed by atoms with Crippen molar-refractivity contribution in [3.8, 4) is 11.5 Å². The van der Waals surface area contributed by atoms with Gasteiger partial charge in [-0.25, -0.2) is 0 Å². The van der Waals surface area contributed by atoms with E-state index in [1.165, 1.54) is 0 Å². The van der Waals surface area contributed by atoms with E-state index < -0.39 is 0 Å². The van der Waals surface area contributed by atoms with Crippen LogP contribution in [0.1, 0.15) is 31.1 Å². The monoisotopic (exact) mass is 357 g/mol. The molecule has 2 aliphatic rings. The van der Waals surface area contributed by atoms with Gasteiger partial charge in [0.15, 0.2) is 0 Å². The van der Waals surface area contributed by atoms with Gasteiger partial charge in [-0.2, -0.15) is 4.98 Å². The maximum Gasteiger partial charge on any atom is 0.230 e. The van der Waals surface area contributed by atoms with Gasteiger partial charge in [0, 0.05) is 44.2 Å². The third kappa shape index (κ3) is 3.91. The van der Waals surface area contributed by atoms with Crippen LogP contribution in [-0.2, 0) is 9.53 Å². The van der Waals surface area contributed by atoms with Crippen molar-refractivity contribution in [1.29, 1.82) is 0 Å². The first kappa shape index (κ1) is 17.1. The zero-order valence-electron chi connectivity index (χ0n) is 14.6. The van der Waals surface area contributed by atoms with Crippen LogP contribution in [-0.4, -0.2) is 64.8 Å². The predicted octanol–water partition coefficient (Wildman–Crippen LogP) is 1.22. The highest BCUT2D eigenvalue weighted by Crippen LogP contribution is 2.28. The first-order valence-corrected chi connectivity index (χ1v) is 9.13. The molecule has 0 aromatic carbocycles. The molecule has 2 aliphatic heterocycles. The average Bonchev–Trinajstić information content (AvgIpc) is 3.20. The molecule has 0 saturated carbocycles. The number of nitrogens with one attached hydrogen (secondary N) is 1. The molecule has 2 fully saturated rings. The number of piperidine rings is 1. The molecule has 0 bridgehead atoms. The molecule has 4 heterocycles. The van der Waals surface area contributed by atoms with Crippen LogP contribution in [0, 0.1) is 0 Å². The highest BCUT2D eigenvalue weighted by Gasteiger charge is 2.29. The van der Waals surface area contributed by atoms with E-state index in [0.717, 1.165) is 39.1 Å². The summed E-state index contributed by atoms with van der Waals surface area (Å²) in [7, 11) is 0. The van der Waals surface area contributed by atoms with Gasteiger partial charge < -0.3 is 19.5 Å². The van der Waals surface area contributed by atoms with Crippen molar-refractivity contribution in [2.24, 2.45) is 0 Å². The summed E-state index contributed by atoms with van der Waals surface area (Å²) in [6, 6.07) is 5.74. The lowest BCUT2D eigenvalue weighted by Gasteiger charge is -2.32. The van der Waals surface area contributed by atoms with Gasteiger partial charge in [-0.3, -0.25) is 9.78 Å². The van der Waals surface area contributed by atoms with Crippen LogP contribution in [0.15, 0.2) is 28.9 Å². The second-order valence-corrected chi connectivity index (χ2v) is 6.76. The fourth-order valence-corrected chi connectivity index (χ4v) is 3.47. The number of rotatable bonds is 4. The van der Waals surface area contributed by atoms with Crippen LogP contribution in [0.5, 0.6) is 0 Å². The smallest absolute Gasteiger partial charge is 0.230 e. The van der Waals surface area contributed by atoms with Crippen molar-refractivity contribution in [3.63, 3.8) is 0 Å². The molecule has 4 rings (SSSR count). The molecule has 1 N–H and O–H groups in total. The number of aromatic nitrogens is 3. The maximum absolute atomic E-state index is 12.5. The van der Waals surface area contributed by atoms with E-state index in [-0.39, 0.29) is 17.9 Å². The fraction of sp³-hybridized carbons (Fsp3) is 0.556. The third-order valence-corrected chi connectivity index (χ3v) is 4.95. The summed E-state index contributed by atoms with van der Waals surface area (Å²) in [6.45, 7) is 3.59. The number of likely N-dealkylation sites (tertiary alicyclic amines) is 1. The quantitative estimate of drug-likeness (QED) is 0.879. The molecular formula is C18H23N5O3. The van der Waals surface area contributed by atoms with Gasteiger partial charge in [-0.1, -0.05) is 11.2 Å². The first-order valence-electron chi connectivity index (χ1n) is 9.13. The van der Waals surface area contributed by atoms with Gasteiger partial charge in [0.2, 0.25) is 17.6 Å². The average molecular weight is 357 g/mol. The van der Waals surface area contributed by atoms with Crippen LogP contribution < -0.4 is 5.32 Å². The summed E-state index contributed by atoms with van der Waals surface area (Å²) in [4.78, 5) is 23.1. The van der Waals surface area contributed by atoms with E-state index in [0.29, 0.717) is 30.4 Å². The van der Waals surface area contributed by atoms with E-state index in [9.17, 15) is 4.79 Å². The van der Waals surface area contributed by atoms with E-state index in [2.05, 4.69) is 20.4 Å². The molecular weight excluding hydrogens is 334 g/mol. The van der Waals surface area contributed by atoms with Crippen LogP contribution in [0.2, 0.25) is 0 Å². The minimum absolute atomic E-state index is 0.130. The molecule has 2 aromatic rings. The molecule has 2 saturated heterocycles. The molecule has 0 aliphatic carbocycles. The van der Waals surface area contributed by atoms with Crippen molar-refractivity contribution in [3.05, 3.63) is 30.3 Å². The normalized spacial score (nSPS) is 21.7. The lowest BCUT2D eigenvalue weighted by atomic mass is 9.96. The summed E-state index contributed by atoms with van der Waals surface area (Å²) in [5, 5.41) is 7.37. The molecule has 2 aromatic heterocycles. The summed E-state index contributed by atoms with van der Waals surface area (Å²) < 4.78 is 10.9. The van der Waals surface area contributed by atoms with Crippen LogP contribution in [0.3, 0.4) is 0 Å². The number of pyridine rings is 1. The van der Waals surface area contributed by atoms with Gasteiger partial charge in [0.1, 0.15) is 5.69 Å². The highest BCUT2D eigenvalue weighted by molar-refractivity contribution is 5.77. The van der Waals surface area contributed by atoms with E-state index in [1.54, 1.807) is 6.20 Å². The standard InChI is InChI=1S/C18H23N5O3/c24-16(11-14-12-25-10-7-19-14)23-8-4-13(5-9-23)18-21-17(22-26-18)15-3-1-2-6-20-15/h1-3,6,13-14,19H,4-5,7-12H2. The molecule has 8 nitrogen and oxygen atoms in total. The number of carbonyl (C=O) groups is 1. The maximum atomic E-state index is 12.5. The van der Waals surface area contributed by atoms with Crippen LogP contribution in [0.25, 0.3) is 11.5 Å². The van der Waals surface area contributed by atoms with Gasteiger partial charge >= 0.3 is 0 Å². The number of hydrogen-bond donors (Lipinski definition) is 1. The highest BCUT2D eigenvalue weighted by atomic mass is 16.5. The second kappa shape index (κ2) is 7.92. The number of hydrogen-bond acceptors (Lipinski definition) is 7. The Labute approximate surface area is 151 Å². The molecule has 26 heavy (non-hydrogen) atoms. The van der Waals surface area contributed by atoms with Crippen molar-refractivity contribution in [2.45, 2.75) is 31.2 Å². The predicted molar refractivity (Wildman–Crippen MR) is 93.3 cm³/mol. The Morgan fingerprint density at radius 3 is 2.92 bits per heavy atom. The number of ether oxygens (including phenoxy) is 1. The van der Waals surface area contributed by atoms with Gasteiger partial charge in [-0.15, -0.1) is 0 Å². The van der Waals surface area contributed by atoms with E-state index in [1.807, 2.05) is 23.1 Å². The summed E-state index contributed by atoms with van der Waals surface area (Å²) in [5.74, 6) is 1.54. The Balaban J connectivity index is 1.31. The molecule has 1 unspecified atom stereocenters. The number of nitrogens with zero attached hydrogens (tertiary/aromatic N) is 4. The lowest BCUT2D eigenvalue weighted by Crippen LogP contribution is -2.46. The third-order valence-electron chi connectivity index (χ3n) is 4.95. The van der Waals surface area contributed by atoms with E-state index in [4.69, 9.17) is 9.26 Å². The molecule has 8 heteroatoms. The van der Waals surface area contributed by atoms with E-state index >= 15 is 0 Å². The first-order chi connectivity index (χ1) is 12.8. The van der Waals surface area contributed by atoms with Crippen molar-refractivity contribution < 1.29 is 14.1 Å². The van der Waals surface area contributed by atoms with Crippen molar-refractivity contribution >= 4 is 5.91 Å². The minimum atomic E-state index is 0.130. The minimum Gasteiger partial charge on any atom is -0.378 e. The molecule has 0 spiro atoms. The number of amides is 1. The molecule has 1 amide bonds. The topological polar surface area (TPSA) is 93.4 Å². The largest absolute Gasteiger partial charge is 0.378 e. The zero-order valence-corrected chi connectivity index (χ0v) is 14.6. The van der Waals surface area contributed by atoms with Crippen molar-refractivity contribution in [2.75, 3.05) is 32.8 Å². The summed E-state index contributed by atoms with van der Waals surface area (Å²) in [5.41, 5.74) is 0.706. The van der Waals surface area contributed by atoms with Crippen molar-refractivity contribution in [1.82, 2.24) is 25.3 Å². The van der Waals surface area contributed by atoms with Crippen LogP contribution >= 0.6 is 0 Å². The lowest BCUT2D eigenvalue weighted by molar-refractivity contribution is -0.133. The van der Waals surface area contributed by atoms with Gasteiger partial charge in [0.05, 0.1) is 13.2 Å². The molecule has 138 valence electrons. The fourth-order valence-electron chi connectivity index (χ4n) is 3.47. The SMILES string of the molecule is O=C(CC1COCCN1)N1CCC(c2nc(-c3ccccn3)no2)CC1. The summed E-state index contributed by atoms with van der Waals surface area (Å²) in [6.07, 6.45) is 3.88. The second-order valence-electron chi connectivity index (χ2n) is 6.76. The number of carbonyl (C=O) groups excluding carboxylic acids is 1. The summed E-state index contributed by atoms with van der Waals surface area (Å²) >= 11 is 0. The van der Waals surface area contributed by atoms with Gasteiger partial charge in [0.25, 0.3) is 0 Å². The van der Waals surface area contributed by atoms with Crippen LogP contribution in [0.4, 0.5) is 0 Å². The zero-order chi connectivity index (χ0) is 17.8. The Bertz CT molecular complexity index is 721. The Kier molecular flexibility index (Phi) is 5.21.